The van der Waals surface area contributed by atoms with Crippen molar-refractivity contribution in [2.75, 3.05) is 31.3 Å². The molecule has 5 bridgehead atoms. The zero-order valence-electron chi connectivity index (χ0n) is 43.7. The van der Waals surface area contributed by atoms with Gasteiger partial charge in [0.2, 0.25) is 0 Å². The van der Waals surface area contributed by atoms with Crippen LogP contribution in [0, 0.1) is 30.6 Å². The van der Waals surface area contributed by atoms with Gasteiger partial charge in [-0.2, -0.15) is 0 Å². The molecule has 0 unspecified atom stereocenters. The third-order valence-electron chi connectivity index (χ3n) is 13.2. The quantitative estimate of drug-likeness (QED) is 0.0310. The number of aromatic hydroxyl groups is 3. The molecule has 24 heteroatoms. The molecule has 1 fully saturated rings. The number of allylic oxidation sites excluding steroid dienone is 2. The summed E-state index contributed by atoms with van der Waals surface area (Å²) in [6.07, 6.45) is -1.86. The molecule has 0 saturated carbocycles. The minimum absolute atomic E-state index is 0.000898. The zero-order valence-corrected chi connectivity index (χ0v) is 45.3. The van der Waals surface area contributed by atoms with Crippen LogP contribution in [-0.4, -0.2) is 147 Å². The van der Waals surface area contributed by atoms with Crippen LogP contribution in [0.25, 0.3) is 10.8 Å². The number of hydrogen-bond acceptors (Lipinski definition) is 21. The molecule has 4 heterocycles. The van der Waals surface area contributed by atoms with Gasteiger partial charge in [-0.1, -0.05) is 45.9 Å². The topological polar surface area (TPSA) is 314 Å². The molecule has 13 atom stereocenters. The second kappa shape index (κ2) is 25.1. The largest absolute Gasteiger partial charge is 0.507 e. The van der Waals surface area contributed by atoms with E-state index in [9.17, 15) is 54.3 Å². The Hall–Kier alpha value is -6.18. The van der Waals surface area contributed by atoms with Gasteiger partial charge in [0, 0.05) is 94.2 Å². The first-order valence-electron chi connectivity index (χ1n) is 24.0. The van der Waals surface area contributed by atoms with Crippen molar-refractivity contribution >= 4 is 81.1 Å². The van der Waals surface area contributed by atoms with Gasteiger partial charge in [-0.3, -0.25) is 28.8 Å². The average molecular weight is 1090 g/mol. The standard InChI is InChI=1S/C51H67N3O19S2/c1-21-14-13-15-22(2)48(65)53-36-40(62)34-33(41(63)46(36)75-19-17-52-50(74)54-49-45(72-30(10)58)44(71-29(9)57)32(20-67-49)69-27(7)55)35-43(26(6)39(34)61)73-51(11,47(35)64)68-18-16-31(66-12)23(3)42(70-28(8)56)25(5)38(60)24(4)37(21)59/h13-16,18,21,23-25,31-32,37-38,42,44-45,49,59-63H,17,19-20H2,1-12H3,(H,53,65)(H2,52,54,74)/b14-13-,18-16?,22-15-/t21-,23+,24+,25+,31-,32+,37-,38+,42+,44+,45-,49-,51-/m0/s1. The van der Waals surface area contributed by atoms with E-state index in [0.29, 0.717) is 0 Å². The molecule has 75 heavy (non-hydrogen) atoms. The van der Waals surface area contributed by atoms with Crippen LogP contribution in [0.1, 0.15) is 85.2 Å². The van der Waals surface area contributed by atoms with Crippen molar-refractivity contribution in [2.45, 2.75) is 136 Å². The maximum absolute atomic E-state index is 14.6. The number of fused-ring (bicyclic) bond motifs is 14. The molecule has 0 aromatic heterocycles. The van der Waals surface area contributed by atoms with Crippen molar-refractivity contribution < 1.29 is 92.2 Å². The Labute approximate surface area is 443 Å². The van der Waals surface area contributed by atoms with Crippen molar-refractivity contribution in [1.82, 2.24) is 10.6 Å². The maximum atomic E-state index is 14.6. The number of phenolic OH excluding ortho intramolecular Hbond substituents is 3. The van der Waals surface area contributed by atoms with E-state index in [1.165, 1.54) is 53.0 Å². The van der Waals surface area contributed by atoms with Crippen molar-refractivity contribution in [2.24, 2.45) is 23.7 Å². The summed E-state index contributed by atoms with van der Waals surface area (Å²) < 4.78 is 45.6. The Bertz CT molecular complexity index is 2640. The van der Waals surface area contributed by atoms with E-state index >= 15 is 0 Å². The number of methoxy groups -OCH3 is 1. The highest BCUT2D eigenvalue weighted by atomic mass is 32.2. The first-order chi connectivity index (χ1) is 35.1. The fourth-order valence-corrected chi connectivity index (χ4v) is 10.4. The van der Waals surface area contributed by atoms with Gasteiger partial charge in [0.1, 0.15) is 29.0 Å². The van der Waals surface area contributed by atoms with E-state index in [-0.39, 0.29) is 62.4 Å². The summed E-state index contributed by atoms with van der Waals surface area (Å²) in [5, 5.41) is 66.8. The number of anilines is 1. The van der Waals surface area contributed by atoms with Crippen LogP contribution in [0.4, 0.5) is 5.69 Å². The van der Waals surface area contributed by atoms with Gasteiger partial charge in [-0.15, -0.1) is 11.8 Å². The molecule has 4 aliphatic heterocycles. The molecule has 2 aromatic rings. The Kier molecular flexibility index (Phi) is 20.0. The minimum Gasteiger partial charge on any atom is -0.507 e. The first kappa shape index (κ1) is 59.7. The number of hydrogen-bond donors (Lipinski definition) is 8. The van der Waals surface area contributed by atoms with E-state index in [1.807, 2.05) is 0 Å². The number of rotatable bonds is 10. The Morgan fingerprint density at radius 1 is 0.827 bits per heavy atom. The molecule has 412 valence electrons. The summed E-state index contributed by atoms with van der Waals surface area (Å²) in [5.41, 5.74) is -0.526. The Balaban J connectivity index is 1.55. The lowest BCUT2D eigenvalue weighted by Crippen LogP contribution is -2.63. The Morgan fingerprint density at radius 2 is 1.44 bits per heavy atom. The van der Waals surface area contributed by atoms with Gasteiger partial charge in [0.05, 0.1) is 47.0 Å². The lowest BCUT2D eigenvalue weighted by Gasteiger charge is -2.40. The number of phenols is 3. The van der Waals surface area contributed by atoms with E-state index in [0.717, 1.165) is 38.8 Å². The molecule has 6 rings (SSSR count). The summed E-state index contributed by atoms with van der Waals surface area (Å²) >= 11 is 6.43. The van der Waals surface area contributed by atoms with Gasteiger partial charge < -0.3 is 79.4 Å². The van der Waals surface area contributed by atoms with Crippen LogP contribution in [0.15, 0.2) is 41.0 Å². The number of benzene rings is 2. The lowest BCUT2D eigenvalue weighted by atomic mass is 9.78. The van der Waals surface area contributed by atoms with Gasteiger partial charge in [0.15, 0.2) is 35.4 Å². The number of ether oxygens (including phenoxy) is 8. The number of ketones is 1. The van der Waals surface area contributed by atoms with E-state index < -0.39 is 137 Å². The average Bonchev–Trinajstić information content (AvgIpc) is 3.60. The molecule has 0 spiro atoms. The van der Waals surface area contributed by atoms with Crippen molar-refractivity contribution in [3.8, 4) is 23.0 Å². The monoisotopic (exact) mass is 1090 g/mol. The number of thiocarbonyl (C=S) groups is 1. The number of aliphatic hydroxyl groups excluding tert-OH is 2. The summed E-state index contributed by atoms with van der Waals surface area (Å²) in [6, 6.07) is 0. The molecule has 4 aliphatic rings. The van der Waals surface area contributed by atoms with Crippen LogP contribution >= 0.6 is 24.0 Å². The molecule has 8 N–H and O–H groups in total. The van der Waals surface area contributed by atoms with Gasteiger partial charge in [-0.05, 0) is 32.1 Å². The number of carbonyl (C=O) groups is 6. The van der Waals surface area contributed by atoms with Gasteiger partial charge in [0.25, 0.3) is 11.7 Å². The highest BCUT2D eigenvalue weighted by Crippen LogP contribution is 2.57. The van der Waals surface area contributed by atoms with E-state index in [2.05, 4.69) is 16.0 Å². The molecule has 0 radical (unpaired) electrons. The van der Waals surface area contributed by atoms with Crippen molar-refractivity contribution in [3.63, 3.8) is 0 Å². The molecule has 2 aromatic carbocycles. The van der Waals surface area contributed by atoms with Gasteiger partial charge >= 0.3 is 29.7 Å². The fraction of sp³-hybridized carbons (Fsp3) is 0.549. The number of aliphatic hydroxyl groups is 2. The molecule has 22 nitrogen and oxygen atoms in total. The second-order valence-corrected chi connectivity index (χ2v) is 20.3. The SMILES string of the molecule is CO[C@H]1C=CO[C@@]2(C)Oc3c(C)c(O)c4c(O)c(c(SCCNC(=S)N[C@H]5OC[C@@H](OC(C)=O)[C@@H](OC(C)=O)[C@@H]5OC(C)=O)c(O)c4c3C2=O)NC(=O)/C(C)=C\C=C/[C@H](C)[C@H](O)[C@@H](C)[C@@H](O)[C@@H](C)[C@H](OC(C)=O)[C@@H]1C. The molecular weight excluding hydrogens is 1020 g/mol. The number of thioether (sulfide) groups is 1. The van der Waals surface area contributed by atoms with Crippen LogP contribution in [0.3, 0.4) is 0 Å². The van der Waals surface area contributed by atoms with E-state index in [4.69, 9.17) is 50.1 Å². The second-order valence-electron chi connectivity index (χ2n) is 18.8. The number of Topliss-reactive ketones (excluding diaryl/α,β-unsaturated/α-hetero) is 1. The fourth-order valence-electron chi connectivity index (χ4n) is 9.20. The number of amides is 1. The predicted molar refractivity (Wildman–Crippen MR) is 275 cm³/mol. The van der Waals surface area contributed by atoms with Crippen LogP contribution in [0.2, 0.25) is 0 Å². The first-order valence-corrected chi connectivity index (χ1v) is 25.4. The normalized spacial score (nSPS) is 30.5. The molecule has 0 aliphatic carbocycles. The third-order valence-corrected chi connectivity index (χ3v) is 14.6. The third kappa shape index (κ3) is 13.4. The van der Waals surface area contributed by atoms with Crippen LogP contribution < -0.4 is 20.7 Å². The number of carbonyl (C=O) groups excluding carboxylic acids is 6. The highest BCUT2D eigenvalue weighted by Gasteiger charge is 2.51. The summed E-state index contributed by atoms with van der Waals surface area (Å²) in [5.74, 6) is -11.4. The maximum Gasteiger partial charge on any atom is 0.312 e. The summed E-state index contributed by atoms with van der Waals surface area (Å²) in [4.78, 5) is 77.0. The zero-order chi connectivity index (χ0) is 56.0. The highest BCUT2D eigenvalue weighted by molar-refractivity contribution is 7.99. The van der Waals surface area contributed by atoms with Crippen LogP contribution in [0.5, 0.6) is 23.0 Å². The molecule has 1 saturated heterocycles. The minimum atomic E-state index is -2.14. The Morgan fingerprint density at radius 3 is 2.05 bits per heavy atom. The molecule has 1 amide bonds. The number of nitrogens with one attached hydrogen (secondary N) is 3. The smallest absolute Gasteiger partial charge is 0.312 e. The van der Waals surface area contributed by atoms with Gasteiger partial charge in [-0.25, -0.2) is 0 Å². The number of esters is 4. The van der Waals surface area contributed by atoms with E-state index in [1.54, 1.807) is 33.8 Å². The summed E-state index contributed by atoms with van der Waals surface area (Å²) in [6.45, 7) is 15.3. The van der Waals surface area contributed by atoms with Crippen molar-refractivity contribution in [1.29, 1.82) is 0 Å². The molecular formula is C51H67N3O19S2. The van der Waals surface area contributed by atoms with Crippen LogP contribution in [-0.2, 0) is 57.1 Å². The lowest BCUT2D eigenvalue weighted by molar-refractivity contribution is -0.227. The van der Waals surface area contributed by atoms with Crippen molar-refractivity contribution in [3.05, 3.63) is 47.3 Å². The summed E-state index contributed by atoms with van der Waals surface area (Å²) in [7, 11) is 1.40. The predicted octanol–water partition coefficient (Wildman–Crippen LogP) is 4.46.